The second kappa shape index (κ2) is 8.17. The van der Waals surface area contributed by atoms with Crippen LogP contribution in [0.1, 0.15) is 24.8 Å². The third-order valence-corrected chi connectivity index (χ3v) is 3.34. The molecule has 0 saturated carbocycles. The van der Waals surface area contributed by atoms with E-state index in [0.29, 0.717) is 12.6 Å². The molecular formula is C14H19ClF2N2O. The highest BCUT2D eigenvalue weighted by atomic mass is 35.5. The molecule has 1 atom stereocenters. The van der Waals surface area contributed by atoms with Crippen LogP contribution in [0.3, 0.4) is 0 Å². The minimum Gasteiger partial charge on any atom is -0.356 e. The highest BCUT2D eigenvalue weighted by molar-refractivity contribution is 5.85. The number of hydrogen-bond acceptors (Lipinski definition) is 2. The predicted molar refractivity (Wildman–Crippen MR) is 76.0 cm³/mol. The maximum atomic E-state index is 13.3. The van der Waals surface area contributed by atoms with Gasteiger partial charge < -0.3 is 10.6 Å². The summed E-state index contributed by atoms with van der Waals surface area (Å²) >= 11 is 0. The summed E-state index contributed by atoms with van der Waals surface area (Å²) in [5.41, 5.74) is 0.220. The number of carbonyl (C=O) groups excluding carboxylic acids is 1. The summed E-state index contributed by atoms with van der Waals surface area (Å²) in [7, 11) is 0. The predicted octanol–water partition coefficient (Wildman–Crippen LogP) is 2.19. The second-order valence-corrected chi connectivity index (χ2v) is 4.84. The Kier molecular flexibility index (Phi) is 6.88. The van der Waals surface area contributed by atoms with Gasteiger partial charge in [0.15, 0.2) is 0 Å². The fourth-order valence-corrected chi connectivity index (χ4v) is 2.29. The zero-order valence-electron chi connectivity index (χ0n) is 11.1. The molecule has 20 heavy (non-hydrogen) atoms. The maximum absolute atomic E-state index is 13.3. The van der Waals surface area contributed by atoms with Gasteiger partial charge in [-0.3, -0.25) is 4.79 Å². The molecule has 1 fully saturated rings. The molecule has 1 saturated heterocycles. The molecular weight excluding hydrogens is 286 g/mol. The van der Waals surface area contributed by atoms with Gasteiger partial charge in [0.05, 0.1) is 6.42 Å². The van der Waals surface area contributed by atoms with Crippen molar-refractivity contribution < 1.29 is 13.6 Å². The van der Waals surface area contributed by atoms with Gasteiger partial charge in [-0.15, -0.1) is 12.4 Å². The van der Waals surface area contributed by atoms with E-state index in [1.54, 1.807) is 0 Å². The Morgan fingerprint density at radius 2 is 2.20 bits per heavy atom. The van der Waals surface area contributed by atoms with Gasteiger partial charge in [0.1, 0.15) is 11.6 Å². The molecule has 2 N–H and O–H groups in total. The molecule has 0 aromatic heterocycles. The van der Waals surface area contributed by atoms with E-state index in [9.17, 15) is 13.6 Å². The maximum Gasteiger partial charge on any atom is 0.224 e. The van der Waals surface area contributed by atoms with E-state index < -0.39 is 11.6 Å². The minimum atomic E-state index is -0.674. The Hall–Kier alpha value is -1.20. The third kappa shape index (κ3) is 5.06. The molecule has 0 bridgehead atoms. The zero-order valence-corrected chi connectivity index (χ0v) is 11.9. The van der Waals surface area contributed by atoms with E-state index in [-0.39, 0.29) is 30.3 Å². The molecule has 1 aromatic carbocycles. The van der Waals surface area contributed by atoms with Crippen LogP contribution in [0.4, 0.5) is 8.78 Å². The molecule has 112 valence electrons. The lowest BCUT2D eigenvalue weighted by molar-refractivity contribution is -0.120. The fraction of sp³-hybridized carbons (Fsp3) is 0.500. The molecule has 3 nitrogen and oxygen atoms in total. The Morgan fingerprint density at radius 1 is 1.40 bits per heavy atom. The summed E-state index contributed by atoms with van der Waals surface area (Å²) in [5.74, 6) is -1.54. The van der Waals surface area contributed by atoms with E-state index in [0.717, 1.165) is 31.5 Å². The molecule has 1 aliphatic rings. The fourth-order valence-electron chi connectivity index (χ4n) is 2.29. The summed E-state index contributed by atoms with van der Waals surface area (Å²) in [4.78, 5) is 11.6. The van der Waals surface area contributed by atoms with Gasteiger partial charge >= 0.3 is 0 Å². The van der Waals surface area contributed by atoms with Crippen molar-refractivity contribution in [2.45, 2.75) is 31.7 Å². The average molecular weight is 305 g/mol. The first-order chi connectivity index (χ1) is 9.15. The van der Waals surface area contributed by atoms with Crippen LogP contribution in [0.15, 0.2) is 18.2 Å². The molecule has 6 heteroatoms. The van der Waals surface area contributed by atoms with Gasteiger partial charge in [-0.2, -0.15) is 0 Å². The SMILES string of the molecule is Cl.O=C(Cc1ccc(F)cc1F)NCC[C@H]1CCCN1. The van der Waals surface area contributed by atoms with Gasteiger partial charge in [-0.1, -0.05) is 6.07 Å². The van der Waals surface area contributed by atoms with E-state index in [1.807, 2.05) is 0 Å². The number of carbonyl (C=O) groups is 1. The number of halogens is 3. The van der Waals surface area contributed by atoms with Gasteiger partial charge in [0, 0.05) is 18.7 Å². The van der Waals surface area contributed by atoms with Gasteiger partial charge in [0.25, 0.3) is 0 Å². The summed E-state index contributed by atoms with van der Waals surface area (Å²) in [6, 6.07) is 3.74. The Labute approximate surface area is 123 Å². The monoisotopic (exact) mass is 304 g/mol. The summed E-state index contributed by atoms with van der Waals surface area (Å²) in [6.07, 6.45) is 3.16. The Bertz CT molecular complexity index is 451. The van der Waals surface area contributed by atoms with Crippen molar-refractivity contribution in [3.63, 3.8) is 0 Å². The Balaban J connectivity index is 0.00000200. The largest absolute Gasteiger partial charge is 0.356 e. The van der Waals surface area contributed by atoms with Crippen LogP contribution in [-0.4, -0.2) is 25.0 Å². The molecule has 0 radical (unpaired) electrons. The first-order valence-electron chi connectivity index (χ1n) is 6.59. The van der Waals surface area contributed by atoms with Crippen molar-refractivity contribution in [1.29, 1.82) is 0 Å². The molecule has 1 amide bonds. The van der Waals surface area contributed by atoms with E-state index >= 15 is 0 Å². The first kappa shape index (κ1) is 16.9. The number of rotatable bonds is 5. The molecule has 0 aliphatic carbocycles. The van der Waals surface area contributed by atoms with E-state index in [4.69, 9.17) is 0 Å². The van der Waals surface area contributed by atoms with Crippen molar-refractivity contribution in [2.24, 2.45) is 0 Å². The third-order valence-electron chi connectivity index (χ3n) is 3.34. The molecule has 0 unspecified atom stereocenters. The smallest absolute Gasteiger partial charge is 0.224 e. The summed E-state index contributed by atoms with van der Waals surface area (Å²) < 4.78 is 26.1. The van der Waals surface area contributed by atoms with Crippen molar-refractivity contribution in [1.82, 2.24) is 10.6 Å². The van der Waals surface area contributed by atoms with Crippen LogP contribution < -0.4 is 10.6 Å². The highest BCUT2D eigenvalue weighted by Gasteiger charge is 2.14. The number of benzene rings is 1. The van der Waals surface area contributed by atoms with Crippen LogP contribution in [0.5, 0.6) is 0 Å². The van der Waals surface area contributed by atoms with Gasteiger partial charge in [-0.05, 0) is 37.4 Å². The van der Waals surface area contributed by atoms with E-state index in [1.165, 1.54) is 12.5 Å². The molecule has 1 aliphatic heterocycles. The normalized spacial score (nSPS) is 17.6. The number of nitrogens with one attached hydrogen (secondary N) is 2. The molecule has 0 spiro atoms. The number of hydrogen-bond donors (Lipinski definition) is 2. The van der Waals surface area contributed by atoms with Crippen molar-refractivity contribution in [2.75, 3.05) is 13.1 Å². The topological polar surface area (TPSA) is 41.1 Å². The molecule has 1 heterocycles. The minimum absolute atomic E-state index is 0. The van der Waals surface area contributed by atoms with Gasteiger partial charge in [-0.25, -0.2) is 8.78 Å². The van der Waals surface area contributed by atoms with Crippen LogP contribution in [-0.2, 0) is 11.2 Å². The van der Waals surface area contributed by atoms with Crippen LogP contribution in [0.2, 0.25) is 0 Å². The highest BCUT2D eigenvalue weighted by Crippen LogP contribution is 2.10. The Morgan fingerprint density at radius 3 is 2.85 bits per heavy atom. The lowest BCUT2D eigenvalue weighted by Crippen LogP contribution is -2.31. The van der Waals surface area contributed by atoms with Crippen molar-refractivity contribution in [3.8, 4) is 0 Å². The van der Waals surface area contributed by atoms with Crippen LogP contribution in [0, 0.1) is 11.6 Å². The lowest BCUT2D eigenvalue weighted by Gasteiger charge is -2.11. The molecule has 2 rings (SSSR count). The van der Waals surface area contributed by atoms with Crippen molar-refractivity contribution >= 4 is 18.3 Å². The summed E-state index contributed by atoms with van der Waals surface area (Å²) in [6.45, 7) is 1.62. The second-order valence-electron chi connectivity index (χ2n) is 4.84. The quantitative estimate of drug-likeness (QED) is 0.875. The lowest BCUT2D eigenvalue weighted by atomic mass is 10.1. The van der Waals surface area contributed by atoms with Crippen molar-refractivity contribution in [3.05, 3.63) is 35.4 Å². The average Bonchev–Trinajstić information content (AvgIpc) is 2.86. The first-order valence-corrected chi connectivity index (χ1v) is 6.59. The summed E-state index contributed by atoms with van der Waals surface area (Å²) in [5, 5.41) is 6.10. The van der Waals surface area contributed by atoms with Crippen LogP contribution >= 0.6 is 12.4 Å². The molecule has 1 aromatic rings. The van der Waals surface area contributed by atoms with Crippen LogP contribution in [0.25, 0.3) is 0 Å². The number of amides is 1. The van der Waals surface area contributed by atoms with Gasteiger partial charge in [0.2, 0.25) is 5.91 Å². The van der Waals surface area contributed by atoms with E-state index in [2.05, 4.69) is 10.6 Å². The zero-order chi connectivity index (χ0) is 13.7. The standard InChI is InChI=1S/C14H18F2N2O.ClH/c15-11-4-3-10(13(16)9-11)8-14(19)18-7-5-12-2-1-6-17-12;/h3-4,9,12,17H,1-2,5-8H2,(H,18,19);1H/t12-;/m1./s1.